The predicted molar refractivity (Wildman–Crippen MR) is 76.1 cm³/mol. The van der Waals surface area contributed by atoms with Gasteiger partial charge < -0.3 is 9.47 Å². The van der Waals surface area contributed by atoms with Crippen molar-refractivity contribution in [2.75, 3.05) is 13.7 Å². The van der Waals surface area contributed by atoms with Gasteiger partial charge in [-0.2, -0.15) is 0 Å². The molecule has 0 aliphatic heterocycles. The molecule has 1 aliphatic carbocycles. The molecule has 3 rings (SSSR count). The van der Waals surface area contributed by atoms with Gasteiger partial charge in [-0.1, -0.05) is 6.92 Å². The number of fused-ring (bicyclic) bond motifs is 3. The first kappa shape index (κ1) is 13.3. The smallest absolute Gasteiger partial charge is 0.343 e. The summed E-state index contributed by atoms with van der Waals surface area (Å²) in [5.41, 5.74) is 1.29. The molecule has 0 aromatic carbocycles. The van der Waals surface area contributed by atoms with Crippen LogP contribution < -0.4 is 4.74 Å². The molecule has 6 heteroatoms. The van der Waals surface area contributed by atoms with Crippen LogP contribution in [-0.2, 0) is 22.4 Å². The topological polar surface area (TPSA) is 61.3 Å². The average molecular weight is 292 g/mol. The minimum atomic E-state index is -0.408. The van der Waals surface area contributed by atoms with E-state index in [4.69, 9.17) is 4.74 Å². The van der Waals surface area contributed by atoms with Crippen LogP contribution in [0.1, 0.15) is 23.8 Å². The van der Waals surface area contributed by atoms with Crippen LogP contribution in [0, 0.1) is 5.92 Å². The number of hydrogen-bond acceptors (Lipinski definition) is 6. The third-order valence-electron chi connectivity index (χ3n) is 3.61. The highest BCUT2D eigenvalue weighted by Crippen LogP contribution is 2.40. The van der Waals surface area contributed by atoms with Gasteiger partial charge in [0.15, 0.2) is 6.61 Å². The van der Waals surface area contributed by atoms with Crippen molar-refractivity contribution in [2.24, 2.45) is 5.92 Å². The molecule has 20 heavy (non-hydrogen) atoms. The lowest BCUT2D eigenvalue weighted by Crippen LogP contribution is -2.14. The average Bonchev–Trinajstić information content (AvgIpc) is 2.82. The van der Waals surface area contributed by atoms with Crippen LogP contribution in [0.25, 0.3) is 10.2 Å². The Morgan fingerprint density at radius 1 is 1.50 bits per heavy atom. The molecule has 0 fully saturated rings. The normalized spacial score (nSPS) is 17.8. The fraction of sp³-hybridized carbons (Fsp3) is 0.500. The number of rotatable bonds is 3. The summed E-state index contributed by atoms with van der Waals surface area (Å²) in [5, 5.41) is 0.975. The first-order chi connectivity index (χ1) is 9.69. The van der Waals surface area contributed by atoms with Gasteiger partial charge in [-0.15, -0.1) is 11.3 Å². The molecule has 0 radical (unpaired) electrons. The van der Waals surface area contributed by atoms with E-state index in [-0.39, 0.29) is 6.61 Å². The number of methoxy groups -OCH3 is 1. The highest BCUT2D eigenvalue weighted by atomic mass is 32.1. The van der Waals surface area contributed by atoms with E-state index in [9.17, 15) is 4.79 Å². The predicted octanol–water partition coefficient (Wildman–Crippen LogP) is 2.37. The summed E-state index contributed by atoms with van der Waals surface area (Å²) in [6.07, 6.45) is 4.77. The largest absolute Gasteiger partial charge is 0.466 e. The third-order valence-corrected chi connectivity index (χ3v) is 4.77. The maximum atomic E-state index is 11.2. The van der Waals surface area contributed by atoms with Gasteiger partial charge in [-0.3, -0.25) is 0 Å². The molecule has 1 aliphatic rings. The molecule has 0 spiro atoms. The van der Waals surface area contributed by atoms with E-state index in [0.717, 1.165) is 23.1 Å². The number of hydrogen-bond donors (Lipinski definition) is 0. The number of aryl methyl sites for hydroxylation is 1. The van der Waals surface area contributed by atoms with E-state index in [0.29, 0.717) is 11.8 Å². The number of ether oxygens (including phenoxy) is 2. The monoisotopic (exact) mass is 292 g/mol. The van der Waals surface area contributed by atoms with Crippen LogP contribution in [0.15, 0.2) is 6.33 Å². The Morgan fingerprint density at radius 3 is 3.15 bits per heavy atom. The fourth-order valence-electron chi connectivity index (χ4n) is 2.54. The Labute approximate surface area is 120 Å². The Morgan fingerprint density at radius 2 is 2.35 bits per heavy atom. The minimum absolute atomic E-state index is 0.121. The van der Waals surface area contributed by atoms with Crippen LogP contribution in [0.4, 0.5) is 0 Å². The summed E-state index contributed by atoms with van der Waals surface area (Å²) in [6.45, 7) is 2.15. The van der Waals surface area contributed by atoms with Gasteiger partial charge in [-0.05, 0) is 30.7 Å². The molecule has 0 saturated carbocycles. The van der Waals surface area contributed by atoms with E-state index in [1.807, 2.05) is 0 Å². The molecule has 2 heterocycles. The number of esters is 1. The SMILES string of the molecule is COC(=O)COc1ncnc2sc3c(c12)CC[C@H](C)C3. The lowest BCUT2D eigenvalue weighted by molar-refractivity contribution is -0.142. The van der Waals surface area contributed by atoms with Crippen molar-refractivity contribution >= 4 is 27.5 Å². The molecule has 5 nitrogen and oxygen atoms in total. The molecule has 0 amide bonds. The van der Waals surface area contributed by atoms with Crippen molar-refractivity contribution in [3.8, 4) is 5.88 Å². The summed E-state index contributed by atoms with van der Waals surface area (Å²) >= 11 is 1.71. The van der Waals surface area contributed by atoms with E-state index < -0.39 is 5.97 Å². The van der Waals surface area contributed by atoms with Crippen LogP contribution in [0.3, 0.4) is 0 Å². The quantitative estimate of drug-likeness (QED) is 0.813. The van der Waals surface area contributed by atoms with E-state index in [1.54, 1.807) is 11.3 Å². The van der Waals surface area contributed by atoms with Crippen molar-refractivity contribution < 1.29 is 14.3 Å². The van der Waals surface area contributed by atoms with Crippen molar-refractivity contribution in [1.82, 2.24) is 9.97 Å². The zero-order chi connectivity index (χ0) is 14.1. The molecule has 2 aromatic heterocycles. The fourth-order valence-corrected chi connectivity index (χ4v) is 3.88. The van der Waals surface area contributed by atoms with Crippen LogP contribution in [-0.4, -0.2) is 29.7 Å². The molecule has 1 atom stereocenters. The molecule has 0 N–H and O–H groups in total. The van der Waals surface area contributed by atoms with Crippen molar-refractivity contribution in [2.45, 2.75) is 26.2 Å². The molecule has 0 saturated heterocycles. The molecule has 0 unspecified atom stereocenters. The van der Waals surface area contributed by atoms with Crippen LogP contribution in [0.5, 0.6) is 5.88 Å². The van der Waals surface area contributed by atoms with Crippen molar-refractivity contribution in [3.63, 3.8) is 0 Å². The number of nitrogens with zero attached hydrogens (tertiary/aromatic N) is 2. The van der Waals surface area contributed by atoms with Gasteiger partial charge in [0.05, 0.1) is 12.5 Å². The standard InChI is InChI=1S/C14H16N2O3S/c1-8-3-4-9-10(5-8)20-14-12(9)13(15-7-16-14)19-6-11(17)18-2/h7-8H,3-6H2,1-2H3/t8-/m0/s1. The minimum Gasteiger partial charge on any atom is -0.466 e. The summed E-state index contributed by atoms with van der Waals surface area (Å²) in [7, 11) is 1.34. The second-order valence-corrected chi connectivity index (χ2v) is 6.16. The highest BCUT2D eigenvalue weighted by molar-refractivity contribution is 7.18. The highest BCUT2D eigenvalue weighted by Gasteiger charge is 2.23. The second kappa shape index (κ2) is 5.36. The maximum Gasteiger partial charge on any atom is 0.343 e. The van der Waals surface area contributed by atoms with Gasteiger partial charge in [0, 0.05) is 4.88 Å². The Hall–Kier alpha value is -1.69. The van der Waals surface area contributed by atoms with Gasteiger partial charge in [0.2, 0.25) is 5.88 Å². The van der Waals surface area contributed by atoms with Crippen LogP contribution in [0.2, 0.25) is 0 Å². The number of aromatic nitrogens is 2. The summed E-state index contributed by atoms with van der Waals surface area (Å²) in [6, 6.07) is 0. The Bertz CT molecular complexity index is 653. The number of carbonyl (C=O) groups excluding carboxylic acids is 1. The van der Waals surface area contributed by atoms with E-state index in [1.165, 1.54) is 30.3 Å². The molecule has 0 bridgehead atoms. The molecule has 2 aromatic rings. The first-order valence-electron chi connectivity index (χ1n) is 6.64. The van der Waals surface area contributed by atoms with Gasteiger partial charge in [-0.25, -0.2) is 14.8 Å². The van der Waals surface area contributed by atoms with E-state index >= 15 is 0 Å². The zero-order valence-corrected chi connectivity index (χ0v) is 12.3. The summed E-state index contributed by atoms with van der Waals surface area (Å²) in [5.74, 6) is 0.796. The van der Waals surface area contributed by atoms with E-state index in [2.05, 4.69) is 21.6 Å². The Kier molecular flexibility index (Phi) is 3.56. The molecular formula is C14H16N2O3S. The van der Waals surface area contributed by atoms with Gasteiger partial charge in [0.1, 0.15) is 11.2 Å². The maximum absolute atomic E-state index is 11.2. The molecular weight excluding hydrogens is 276 g/mol. The zero-order valence-electron chi connectivity index (χ0n) is 11.5. The first-order valence-corrected chi connectivity index (χ1v) is 7.45. The summed E-state index contributed by atoms with van der Waals surface area (Å²) in [4.78, 5) is 22.0. The molecule has 106 valence electrons. The lowest BCUT2D eigenvalue weighted by atomic mass is 9.89. The third kappa shape index (κ3) is 2.35. The lowest BCUT2D eigenvalue weighted by Gasteiger charge is -2.18. The van der Waals surface area contributed by atoms with Crippen LogP contribution >= 0.6 is 11.3 Å². The summed E-state index contributed by atoms with van der Waals surface area (Å²) < 4.78 is 10.1. The number of carbonyl (C=O) groups is 1. The number of thiophene rings is 1. The Balaban J connectivity index is 1.98. The van der Waals surface area contributed by atoms with Crippen molar-refractivity contribution in [3.05, 3.63) is 16.8 Å². The van der Waals surface area contributed by atoms with Crippen molar-refractivity contribution in [1.29, 1.82) is 0 Å². The second-order valence-electron chi connectivity index (χ2n) is 5.08. The van der Waals surface area contributed by atoms with Gasteiger partial charge in [0.25, 0.3) is 0 Å². The van der Waals surface area contributed by atoms with Gasteiger partial charge >= 0.3 is 5.97 Å².